The van der Waals surface area contributed by atoms with Gasteiger partial charge in [-0.2, -0.15) is 0 Å². The van der Waals surface area contributed by atoms with Gasteiger partial charge in [0.05, 0.1) is 31.6 Å². The molecule has 188 valence electrons. The molecule has 0 spiro atoms. The maximum absolute atomic E-state index is 13.6. The molecule has 0 fully saturated rings. The van der Waals surface area contributed by atoms with Crippen LogP contribution in [0.15, 0.2) is 47.4 Å². The van der Waals surface area contributed by atoms with E-state index in [1.54, 1.807) is 19.0 Å². The zero-order valence-electron chi connectivity index (χ0n) is 20.2. The molecular formula is C24H34N2O6S2. The highest BCUT2D eigenvalue weighted by atomic mass is 32.2. The van der Waals surface area contributed by atoms with E-state index in [0.717, 1.165) is 24.7 Å². The van der Waals surface area contributed by atoms with Crippen molar-refractivity contribution >= 4 is 37.1 Å². The fourth-order valence-corrected chi connectivity index (χ4v) is 4.94. The van der Waals surface area contributed by atoms with Crippen LogP contribution in [0.3, 0.4) is 0 Å². The highest BCUT2D eigenvalue weighted by Gasteiger charge is 2.26. The number of ether oxygens (including phenoxy) is 1. The molecule has 10 heteroatoms. The van der Waals surface area contributed by atoms with Crippen LogP contribution in [-0.4, -0.2) is 73.1 Å². The van der Waals surface area contributed by atoms with E-state index < -0.39 is 25.5 Å². The highest BCUT2D eigenvalue weighted by Crippen LogP contribution is 2.38. The van der Waals surface area contributed by atoms with Crippen LogP contribution in [0.5, 0.6) is 5.75 Å². The number of anilines is 1. The Balaban J connectivity index is 2.74. The summed E-state index contributed by atoms with van der Waals surface area (Å²) in [4.78, 5) is 13.9. The lowest BCUT2D eigenvalue weighted by Crippen LogP contribution is -2.31. The predicted molar refractivity (Wildman–Crippen MR) is 138 cm³/mol. The summed E-state index contributed by atoms with van der Waals surface area (Å²) in [7, 11) is -3.16. The van der Waals surface area contributed by atoms with E-state index in [0.29, 0.717) is 12.2 Å². The number of carboxylic acids is 1. The Bertz CT molecular complexity index is 1190. The molecule has 0 saturated heterocycles. The number of aromatic carboxylic acids is 1. The first-order valence-electron chi connectivity index (χ1n) is 10.9. The molecule has 2 aromatic rings. The predicted octanol–water partition coefficient (Wildman–Crippen LogP) is 3.17. The Kier molecular flexibility index (Phi) is 9.54. The van der Waals surface area contributed by atoms with Crippen molar-refractivity contribution in [3.05, 3.63) is 53.6 Å². The van der Waals surface area contributed by atoms with Crippen LogP contribution in [-0.2, 0) is 26.2 Å². The first-order valence-corrected chi connectivity index (χ1v) is 14.7. The molecule has 0 radical (unpaired) electrons. The van der Waals surface area contributed by atoms with Crippen molar-refractivity contribution in [3.8, 4) is 5.75 Å². The van der Waals surface area contributed by atoms with Gasteiger partial charge in [-0.15, -0.1) is 0 Å². The number of sulfone groups is 1. The van der Waals surface area contributed by atoms with Gasteiger partial charge >= 0.3 is 5.97 Å². The monoisotopic (exact) mass is 510 g/mol. The van der Waals surface area contributed by atoms with Gasteiger partial charge in [0.2, 0.25) is 0 Å². The topological polar surface area (TPSA) is 104 Å². The smallest absolute Gasteiger partial charge is 0.335 e. The van der Waals surface area contributed by atoms with Gasteiger partial charge in [-0.3, -0.25) is 0 Å². The second kappa shape index (κ2) is 11.7. The Hall–Kier alpha value is -2.56. The second-order valence-corrected chi connectivity index (χ2v) is 13.0. The lowest BCUT2D eigenvalue weighted by Gasteiger charge is -2.30. The molecule has 1 unspecified atom stereocenters. The lowest BCUT2D eigenvalue weighted by atomic mass is 10.1. The quantitative estimate of drug-likeness (QED) is 0.413. The van der Waals surface area contributed by atoms with Crippen molar-refractivity contribution in [2.75, 3.05) is 44.1 Å². The Morgan fingerprint density at radius 1 is 1.09 bits per heavy atom. The molecular weight excluding hydrogens is 476 g/mol. The first-order chi connectivity index (χ1) is 15.9. The molecule has 2 aromatic carbocycles. The lowest BCUT2D eigenvalue weighted by molar-refractivity contribution is 0.0696. The number of nitrogens with zero attached hydrogens (tertiary/aromatic N) is 2. The third-order valence-electron chi connectivity index (χ3n) is 5.30. The summed E-state index contributed by atoms with van der Waals surface area (Å²) in [5.41, 5.74) is 1.19. The van der Waals surface area contributed by atoms with Crippen molar-refractivity contribution < 1.29 is 27.3 Å². The van der Waals surface area contributed by atoms with Gasteiger partial charge in [-0.05, 0) is 44.1 Å². The highest BCUT2D eigenvalue weighted by molar-refractivity contribution is 7.98. The van der Waals surface area contributed by atoms with Crippen LogP contribution < -0.4 is 9.64 Å². The van der Waals surface area contributed by atoms with E-state index in [2.05, 4.69) is 5.87 Å². The van der Waals surface area contributed by atoms with Crippen molar-refractivity contribution in [3.63, 3.8) is 0 Å². The minimum atomic E-state index is -3.27. The van der Waals surface area contributed by atoms with Crippen LogP contribution in [0.4, 0.5) is 5.69 Å². The van der Waals surface area contributed by atoms with Crippen molar-refractivity contribution in [1.29, 1.82) is 0 Å². The van der Waals surface area contributed by atoms with Gasteiger partial charge in [0, 0.05) is 19.3 Å². The summed E-state index contributed by atoms with van der Waals surface area (Å²) in [6, 6.07) is 12.2. The summed E-state index contributed by atoms with van der Waals surface area (Å²) in [5, 5.41) is 9.77. The first kappa shape index (κ1) is 27.7. The summed E-state index contributed by atoms with van der Waals surface area (Å²) in [6.45, 7) is 2.79. The number of hydrogen-bond acceptors (Lipinski definition) is 6. The van der Waals surface area contributed by atoms with Crippen molar-refractivity contribution in [2.24, 2.45) is 0 Å². The van der Waals surface area contributed by atoms with E-state index in [-0.39, 0.29) is 35.1 Å². The zero-order chi connectivity index (χ0) is 25.5. The fourth-order valence-electron chi connectivity index (χ4n) is 3.23. The van der Waals surface area contributed by atoms with Crippen LogP contribution in [0.1, 0.15) is 35.7 Å². The van der Waals surface area contributed by atoms with Gasteiger partial charge in [0.15, 0.2) is 5.75 Å². The minimum absolute atomic E-state index is 0.0730. The number of rotatable bonds is 13. The number of benzene rings is 2. The number of carbonyl (C=O) groups is 1. The minimum Gasteiger partial charge on any atom is -0.485 e. The summed E-state index contributed by atoms with van der Waals surface area (Å²) >= 11 is 0. The number of hydrogen-bond donors (Lipinski definition) is 1. The molecule has 34 heavy (non-hydrogen) atoms. The molecule has 1 N–H and O–H groups in total. The largest absolute Gasteiger partial charge is 0.485 e. The van der Waals surface area contributed by atoms with Gasteiger partial charge in [0.25, 0.3) is 0 Å². The number of carboxylic acid groups (broad SMARTS) is 1. The summed E-state index contributed by atoms with van der Waals surface area (Å²) in [6.07, 6.45) is 2.76. The zero-order valence-corrected chi connectivity index (χ0v) is 21.8. The maximum Gasteiger partial charge on any atom is 0.335 e. The van der Waals surface area contributed by atoms with Crippen molar-refractivity contribution in [1.82, 2.24) is 4.31 Å². The van der Waals surface area contributed by atoms with E-state index >= 15 is 0 Å². The Morgan fingerprint density at radius 3 is 2.26 bits per heavy atom. The van der Waals surface area contributed by atoms with E-state index in [4.69, 9.17) is 4.74 Å². The summed E-state index contributed by atoms with van der Waals surface area (Å²) < 4.78 is 45.1. The Labute approximate surface area is 203 Å². The fraction of sp³-hybridized carbons (Fsp3) is 0.417. The van der Waals surface area contributed by atoms with Crippen LogP contribution in [0, 0.1) is 0 Å². The third-order valence-corrected chi connectivity index (χ3v) is 8.39. The molecule has 0 aliphatic heterocycles. The van der Waals surface area contributed by atoms with Crippen LogP contribution >= 0.6 is 0 Å². The van der Waals surface area contributed by atoms with Crippen LogP contribution in [0.2, 0.25) is 0 Å². The van der Waals surface area contributed by atoms with Gasteiger partial charge in [-0.1, -0.05) is 43.7 Å². The van der Waals surface area contributed by atoms with Crippen molar-refractivity contribution in [2.45, 2.75) is 31.3 Å². The van der Waals surface area contributed by atoms with E-state index in [1.165, 1.54) is 16.4 Å². The molecule has 0 saturated carbocycles. The molecule has 0 aliphatic carbocycles. The normalized spacial score (nSPS) is 13.4. The molecule has 1 atom stereocenters. The van der Waals surface area contributed by atoms with Gasteiger partial charge in [-0.25, -0.2) is 21.7 Å². The maximum atomic E-state index is 13.6. The third kappa shape index (κ3) is 7.48. The molecule has 8 nitrogen and oxygen atoms in total. The molecule has 0 amide bonds. The molecule has 0 aliphatic rings. The van der Waals surface area contributed by atoms with Gasteiger partial charge in [0.1, 0.15) is 16.4 Å². The second-order valence-electron chi connectivity index (χ2n) is 8.33. The SMILES string of the molecule is C=S(=O)(c1cc(C(=O)O)cc(N(CCCC)CCS(C)(=O)=O)c1OCc1ccccc1)N(C)C. The van der Waals surface area contributed by atoms with E-state index in [9.17, 15) is 22.5 Å². The molecule has 0 bridgehead atoms. The average Bonchev–Trinajstić information content (AvgIpc) is 2.77. The molecule has 2 rings (SSSR count). The summed E-state index contributed by atoms with van der Waals surface area (Å²) in [5.74, 6) is 2.81. The van der Waals surface area contributed by atoms with E-state index in [1.807, 2.05) is 37.3 Å². The average molecular weight is 511 g/mol. The standard InChI is InChI=1S/C24H34N2O6S2/c1-6-7-13-26(14-15-33(4,29)30)21-16-20(24(27)28)17-22(34(5,31)25(2)3)23(21)32-18-19-11-9-8-10-12-19/h8-12,16-17H,5-7,13-15,18H2,1-4H3,(H,27,28). The van der Waals surface area contributed by atoms with Crippen LogP contribution in [0.25, 0.3) is 0 Å². The molecule has 0 aromatic heterocycles. The number of unbranched alkanes of at least 4 members (excludes halogenated alkanes) is 1. The molecule has 0 heterocycles. The van der Waals surface area contributed by atoms with Gasteiger partial charge < -0.3 is 14.7 Å². The Morgan fingerprint density at radius 2 is 1.74 bits per heavy atom.